The van der Waals surface area contributed by atoms with Gasteiger partial charge in [0.1, 0.15) is 12.4 Å². The molecule has 0 radical (unpaired) electrons. The summed E-state index contributed by atoms with van der Waals surface area (Å²) in [4.78, 5) is 2.21. The third-order valence-corrected chi connectivity index (χ3v) is 4.02. The number of halogens is 2. The van der Waals surface area contributed by atoms with Crippen LogP contribution in [0.5, 0.6) is 5.75 Å². The average Bonchev–Trinajstić information content (AvgIpc) is 2.49. The zero-order chi connectivity index (χ0) is 14.5. The highest BCUT2D eigenvalue weighted by atomic mass is 35.5. The van der Waals surface area contributed by atoms with E-state index in [-0.39, 0.29) is 25.1 Å². The van der Waals surface area contributed by atoms with Gasteiger partial charge in [-0.1, -0.05) is 26.0 Å². The first-order valence-electron chi connectivity index (χ1n) is 7.36. The Labute approximate surface area is 133 Å². The van der Waals surface area contributed by atoms with Crippen LogP contribution in [0.15, 0.2) is 18.2 Å². The molecule has 1 fully saturated rings. The van der Waals surface area contributed by atoms with Gasteiger partial charge in [-0.05, 0) is 17.5 Å². The van der Waals surface area contributed by atoms with Crippen molar-refractivity contribution in [3.63, 3.8) is 0 Å². The lowest BCUT2D eigenvalue weighted by atomic mass is 9.96. The van der Waals surface area contributed by atoms with Gasteiger partial charge in [-0.3, -0.25) is 4.90 Å². The van der Waals surface area contributed by atoms with Gasteiger partial charge in [-0.25, -0.2) is 4.39 Å². The maximum Gasteiger partial charge on any atom is 0.123 e. The van der Waals surface area contributed by atoms with E-state index in [1.165, 1.54) is 5.56 Å². The largest absolute Gasteiger partial charge is 0.496 e. The van der Waals surface area contributed by atoms with Gasteiger partial charge < -0.3 is 10.1 Å². The highest BCUT2D eigenvalue weighted by molar-refractivity contribution is 5.85. The van der Waals surface area contributed by atoms with E-state index < -0.39 is 0 Å². The quantitative estimate of drug-likeness (QED) is 0.903. The number of nitrogens with zero attached hydrogens (tertiary/aromatic N) is 1. The van der Waals surface area contributed by atoms with Crippen molar-refractivity contribution in [3.05, 3.63) is 29.3 Å². The van der Waals surface area contributed by atoms with Crippen LogP contribution in [-0.4, -0.2) is 44.9 Å². The van der Waals surface area contributed by atoms with Gasteiger partial charge in [0.25, 0.3) is 0 Å². The molecule has 0 unspecified atom stereocenters. The van der Waals surface area contributed by atoms with Gasteiger partial charge in [-0.15, -0.1) is 12.4 Å². The van der Waals surface area contributed by atoms with Crippen LogP contribution in [0.3, 0.4) is 0 Å². The first-order valence-corrected chi connectivity index (χ1v) is 7.36. The summed E-state index contributed by atoms with van der Waals surface area (Å²) in [7, 11) is 1.65. The third-order valence-electron chi connectivity index (χ3n) is 4.02. The summed E-state index contributed by atoms with van der Waals surface area (Å²) in [5, 5.41) is 3.31. The first kappa shape index (κ1) is 18.2. The van der Waals surface area contributed by atoms with Gasteiger partial charge in [0.15, 0.2) is 0 Å². The number of ether oxygens (including phenoxy) is 1. The molecule has 0 amide bonds. The monoisotopic (exact) mass is 316 g/mol. The molecule has 120 valence electrons. The summed E-state index contributed by atoms with van der Waals surface area (Å²) in [5.41, 5.74) is 2.21. The van der Waals surface area contributed by atoms with E-state index >= 15 is 0 Å². The SMILES string of the molecule is COc1ccc(C(C)C)cc1[C@H](CF)N1CCNCC1.Cl. The molecule has 1 saturated heterocycles. The Morgan fingerprint density at radius 2 is 1.95 bits per heavy atom. The summed E-state index contributed by atoms with van der Waals surface area (Å²) in [5.74, 6) is 1.22. The Morgan fingerprint density at radius 1 is 1.29 bits per heavy atom. The van der Waals surface area contributed by atoms with Crippen molar-refractivity contribution in [3.8, 4) is 5.75 Å². The first-order chi connectivity index (χ1) is 9.67. The molecule has 1 N–H and O–H groups in total. The number of nitrogens with one attached hydrogen (secondary N) is 1. The highest BCUT2D eigenvalue weighted by Crippen LogP contribution is 2.32. The van der Waals surface area contributed by atoms with Crippen LogP contribution in [0.2, 0.25) is 0 Å². The number of hydrogen-bond acceptors (Lipinski definition) is 3. The summed E-state index contributed by atoms with van der Waals surface area (Å²) < 4.78 is 19.1. The van der Waals surface area contributed by atoms with Crippen LogP contribution >= 0.6 is 12.4 Å². The molecule has 1 aromatic carbocycles. The standard InChI is InChI=1S/C16H25FN2O.ClH/c1-12(2)13-4-5-16(20-3)14(10-13)15(11-17)19-8-6-18-7-9-19;/h4-5,10,12,15,18H,6-9,11H2,1-3H3;1H/t15-;/m0./s1. The maximum atomic E-state index is 13.7. The topological polar surface area (TPSA) is 24.5 Å². The molecule has 0 aromatic heterocycles. The van der Waals surface area contributed by atoms with Crippen molar-refractivity contribution < 1.29 is 9.13 Å². The zero-order valence-electron chi connectivity index (χ0n) is 13.1. The second-order valence-electron chi connectivity index (χ2n) is 5.61. The van der Waals surface area contributed by atoms with Crippen LogP contribution < -0.4 is 10.1 Å². The number of benzene rings is 1. The molecule has 1 aliphatic heterocycles. The van der Waals surface area contributed by atoms with Gasteiger partial charge >= 0.3 is 0 Å². The normalized spacial score (nSPS) is 17.4. The molecule has 1 atom stereocenters. The van der Waals surface area contributed by atoms with E-state index in [1.807, 2.05) is 6.07 Å². The van der Waals surface area contributed by atoms with Crippen molar-refractivity contribution in [2.45, 2.75) is 25.8 Å². The van der Waals surface area contributed by atoms with Gasteiger partial charge in [-0.2, -0.15) is 0 Å². The Kier molecular flexibility index (Phi) is 7.43. The van der Waals surface area contributed by atoms with Crippen molar-refractivity contribution in [2.75, 3.05) is 40.0 Å². The lowest BCUT2D eigenvalue weighted by Crippen LogP contribution is -2.45. The second kappa shape index (κ2) is 8.57. The minimum absolute atomic E-state index is 0. The van der Waals surface area contributed by atoms with Crippen LogP contribution in [-0.2, 0) is 0 Å². The fourth-order valence-electron chi connectivity index (χ4n) is 2.74. The number of piperazine rings is 1. The molecule has 21 heavy (non-hydrogen) atoms. The van der Waals surface area contributed by atoms with Crippen molar-refractivity contribution in [1.29, 1.82) is 0 Å². The van der Waals surface area contributed by atoms with Crippen LogP contribution in [0.4, 0.5) is 4.39 Å². The lowest BCUT2D eigenvalue weighted by molar-refractivity contribution is 0.145. The van der Waals surface area contributed by atoms with Crippen LogP contribution in [0.1, 0.15) is 36.9 Å². The molecule has 5 heteroatoms. The number of hydrogen-bond donors (Lipinski definition) is 1. The Bertz CT molecular complexity index is 436. The second-order valence-corrected chi connectivity index (χ2v) is 5.61. The van der Waals surface area contributed by atoms with E-state index in [1.54, 1.807) is 7.11 Å². The maximum absolute atomic E-state index is 13.7. The van der Waals surface area contributed by atoms with Crippen molar-refractivity contribution in [2.24, 2.45) is 0 Å². The molecule has 1 aromatic rings. The molecule has 0 bridgehead atoms. The minimum Gasteiger partial charge on any atom is -0.496 e. The van der Waals surface area contributed by atoms with Crippen LogP contribution in [0.25, 0.3) is 0 Å². The van der Waals surface area contributed by atoms with Crippen LogP contribution in [0, 0.1) is 0 Å². The van der Waals surface area contributed by atoms with E-state index in [0.29, 0.717) is 5.92 Å². The lowest BCUT2D eigenvalue weighted by Gasteiger charge is -2.34. The summed E-state index contributed by atoms with van der Waals surface area (Å²) in [6.07, 6.45) is 0. The molecule has 1 heterocycles. The fraction of sp³-hybridized carbons (Fsp3) is 0.625. The predicted molar refractivity (Wildman–Crippen MR) is 87.5 cm³/mol. The predicted octanol–water partition coefficient (Wildman–Crippen LogP) is 3.16. The van der Waals surface area contributed by atoms with E-state index in [0.717, 1.165) is 37.5 Å². The zero-order valence-corrected chi connectivity index (χ0v) is 13.9. The molecule has 0 aliphatic carbocycles. The Morgan fingerprint density at radius 3 is 2.48 bits per heavy atom. The van der Waals surface area contributed by atoms with Gasteiger partial charge in [0.2, 0.25) is 0 Å². The van der Waals surface area contributed by atoms with E-state index in [2.05, 4.69) is 36.2 Å². The van der Waals surface area contributed by atoms with E-state index in [4.69, 9.17) is 4.74 Å². The number of methoxy groups -OCH3 is 1. The molecule has 0 saturated carbocycles. The van der Waals surface area contributed by atoms with E-state index in [9.17, 15) is 4.39 Å². The molecular formula is C16H26ClFN2O. The summed E-state index contributed by atoms with van der Waals surface area (Å²) in [6.45, 7) is 7.53. The van der Waals surface area contributed by atoms with Crippen molar-refractivity contribution >= 4 is 12.4 Å². The average molecular weight is 317 g/mol. The fourth-order valence-corrected chi connectivity index (χ4v) is 2.74. The smallest absolute Gasteiger partial charge is 0.123 e. The third kappa shape index (κ3) is 4.31. The Balaban J connectivity index is 0.00000220. The molecular weight excluding hydrogens is 291 g/mol. The molecule has 3 nitrogen and oxygen atoms in total. The Hall–Kier alpha value is -0.840. The number of rotatable bonds is 5. The highest BCUT2D eigenvalue weighted by Gasteiger charge is 2.25. The number of alkyl halides is 1. The molecule has 2 rings (SSSR count). The van der Waals surface area contributed by atoms with Gasteiger partial charge in [0.05, 0.1) is 13.2 Å². The summed E-state index contributed by atoms with van der Waals surface area (Å²) >= 11 is 0. The molecule has 0 spiro atoms. The summed E-state index contributed by atoms with van der Waals surface area (Å²) in [6, 6.07) is 5.94. The van der Waals surface area contributed by atoms with Gasteiger partial charge in [0, 0.05) is 31.7 Å². The minimum atomic E-state index is -0.377. The molecule has 1 aliphatic rings. The van der Waals surface area contributed by atoms with Crippen molar-refractivity contribution in [1.82, 2.24) is 10.2 Å².